The topological polar surface area (TPSA) is 51.2 Å². The molecule has 0 spiro atoms. The van der Waals surface area contributed by atoms with E-state index in [4.69, 9.17) is 16.3 Å². The van der Waals surface area contributed by atoms with Crippen LogP contribution in [0.5, 0.6) is 5.75 Å². The van der Waals surface area contributed by atoms with Crippen LogP contribution in [0.15, 0.2) is 40.9 Å². The molecule has 4 nitrogen and oxygen atoms in total. The molecule has 0 fully saturated rings. The number of anilines is 1. The number of carbonyl (C=O) groups is 1. The Morgan fingerprint density at radius 1 is 1.29 bits per heavy atom. The van der Waals surface area contributed by atoms with Crippen LogP contribution in [0.3, 0.4) is 0 Å². The van der Waals surface area contributed by atoms with Crippen molar-refractivity contribution in [3.05, 3.63) is 51.5 Å². The largest absolute Gasteiger partial charge is 0.490 e. The van der Waals surface area contributed by atoms with Gasteiger partial charge in [0.1, 0.15) is 5.75 Å². The number of amides is 1. The summed E-state index contributed by atoms with van der Waals surface area (Å²) < 4.78 is 7.31. The van der Waals surface area contributed by atoms with Gasteiger partial charge in [0.05, 0.1) is 20.8 Å². The number of aromatic nitrogens is 1. The fraction of sp³-hybridized carbons (Fsp3) is 0.176. The maximum absolute atomic E-state index is 12.4. The summed E-state index contributed by atoms with van der Waals surface area (Å²) in [6.07, 6.45) is 0.0653. The van der Waals surface area contributed by atoms with E-state index in [0.717, 1.165) is 14.7 Å². The third kappa shape index (κ3) is 3.88. The van der Waals surface area contributed by atoms with Gasteiger partial charge in [0.25, 0.3) is 5.91 Å². The minimum Gasteiger partial charge on any atom is -0.490 e. The average molecular weight is 426 g/mol. The van der Waals surface area contributed by atoms with Crippen molar-refractivity contribution in [2.45, 2.75) is 20.0 Å². The van der Waals surface area contributed by atoms with Crippen molar-refractivity contribution in [3.8, 4) is 5.75 Å². The minimum atomic E-state index is -0.225. The molecule has 0 aliphatic carbocycles. The number of hydrogen-bond acceptors (Lipinski definition) is 4. The van der Waals surface area contributed by atoms with Crippen molar-refractivity contribution in [3.63, 3.8) is 0 Å². The second-order valence-electron chi connectivity index (χ2n) is 5.40. The first-order chi connectivity index (χ1) is 11.4. The number of thiazole rings is 1. The molecule has 0 bridgehead atoms. The number of ether oxygens (including phenoxy) is 1. The molecular weight excluding hydrogens is 412 g/mol. The van der Waals surface area contributed by atoms with Gasteiger partial charge < -0.3 is 4.74 Å². The Hall–Kier alpha value is -1.63. The number of benzene rings is 2. The summed E-state index contributed by atoms with van der Waals surface area (Å²) in [5, 5.41) is 4.00. The SMILES string of the molecule is CC(C)Oc1ccc(C(=O)Nc2nc3ccc(Cl)cc3s2)cc1Br. The maximum atomic E-state index is 12.4. The first kappa shape index (κ1) is 17.2. The van der Waals surface area contributed by atoms with Gasteiger partial charge in [-0.3, -0.25) is 10.1 Å². The smallest absolute Gasteiger partial charge is 0.257 e. The van der Waals surface area contributed by atoms with Crippen LogP contribution in [0.1, 0.15) is 24.2 Å². The normalized spacial score (nSPS) is 11.0. The first-order valence-corrected chi connectivity index (χ1v) is 9.25. The molecule has 0 unspecified atom stereocenters. The monoisotopic (exact) mass is 424 g/mol. The van der Waals surface area contributed by atoms with Crippen molar-refractivity contribution in [2.75, 3.05) is 5.32 Å². The van der Waals surface area contributed by atoms with E-state index in [-0.39, 0.29) is 12.0 Å². The van der Waals surface area contributed by atoms with Gasteiger partial charge >= 0.3 is 0 Å². The third-order valence-corrected chi connectivity index (χ3v) is 4.92. The molecule has 24 heavy (non-hydrogen) atoms. The summed E-state index contributed by atoms with van der Waals surface area (Å²) in [5.41, 5.74) is 1.33. The van der Waals surface area contributed by atoms with Crippen LogP contribution in [0, 0.1) is 0 Å². The van der Waals surface area contributed by atoms with Gasteiger partial charge in [-0.25, -0.2) is 4.98 Å². The minimum absolute atomic E-state index is 0.0653. The van der Waals surface area contributed by atoms with Gasteiger partial charge in [-0.15, -0.1) is 0 Å². The maximum Gasteiger partial charge on any atom is 0.257 e. The Kier molecular flexibility index (Phi) is 5.08. The average Bonchev–Trinajstić information content (AvgIpc) is 2.90. The molecule has 1 heterocycles. The van der Waals surface area contributed by atoms with E-state index < -0.39 is 0 Å². The van der Waals surface area contributed by atoms with Crippen molar-refractivity contribution in [2.24, 2.45) is 0 Å². The van der Waals surface area contributed by atoms with Gasteiger partial charge in [0, 0.05) is 10.6 Å². The van der Waals surface area contributed by atoms with Crippen LogP contribution in [0.2, 0.25) is 5.02 Å². The lowest BCUT2D eigenvalue weighted by Gasteiger charge is -2.12. The fourth-order valence-corrected chi connectivity index (χ4v) is 3.72. The molecule has 1 amide bonds. The number of nitrogens with zero attached hydrogens (tertiary/aromatic N) is 1. The predicted molar refractivity (Wildman–Crippen MR) is 102 cm³/mol. The molecule has 0 aliphatic rings. The van der Waals surface area contributed by atoms with Gasteiger partial charge in [-0.2, -0.15) is 0 Å². The van der Waals surface area contributed by atoms with Crippen LogP contribution in [-0.4, -0.2) is 17.0 Å². The summed E-state index contributed by atoms with van der Waals surface area (Å²) in [7, 11) is 0. The molecule has 2 aromatic carbocycles. The highest BCUT2D eigenvalue weighted by molar-refractivity contribution is 9.10. The van der Waals surface area contributed by atoms with Gasteiger partial charge in [-0.1, -0.05) is 22.9 Å². The van der Waals surface area contributed by atoms with Crippen LogP contribution in [-0.2, 0) is 0 Å². The second-order valence-corrected chi connectivity index (χ2v) is 7.72. The molecule has 1 aromatic heterocycles. The highest BCUT2D eigenvalue weighted by Crippen LogP contribution is 2.30. The lowest BCUT2D eigenvalue weighted by molar-refractivity contribution is 0.102. The molecule has 124 valence electrons. The fourth-order valence-electron chi connectivity index (χ4n) is 2.11. The number of rotatable bonds is 4. The Morgan fingerprint density at radius 2 is 2.08 bits per heavy atom. The van der Waals surface area contributed by atoms with Crippen molar-refractivity contribution in [1.29, 1.82) is 0 Å². The van der Waals surface area contributed by atoms with Crippen LogP contribution >= 0.6 is 38.9 Å². The molecule has 1 N–H and O–H groups in total. The number of carbonyl (C=O) groups excluding carboxylic acids is 1. The summed E-state index contributed by atoms with van der Waals surface area (Å²) in [6.45, 7) is 3.90. The van der Waals surface area contributed by atoms with Gasteiger partial charge in [0.2, 0.25) is 0 Å². The highest BCUT2D eigenvalue weighted by Gasteiger charge is 2.13. The van der Waals surface area contributed by atoms with Crippen molar-refractivity contribution >= 4 is 60.1 Å². The Bertz CT molecular complexity index is 911. The van der Waals surface area contributed by atoms with Crippen LogP contribution < -0.4 is 10.1 Å². The Balaban J connectivity index is 1.79. The molecular formula is C17H14BrClN2O2S. The van der Waals surface area contributed by atoms with E-state index in [1.54, 1.807) is 24.3 Å². The molecule has 0 saturated heterocycles. The van der Waals surface area contributed by atoms with Crippen LogP contribution in [0.25, 0.3) is 10.2 Å². The molecule has 0 atom stereocenters. The predicted octanol–water partition coefficient (Wildman–Crippen LogP) is 5.75. The van der Waals surface area contributed by atoms with E-state index in [1.807, 2.05) is 26.0 Å². The number of nitrogens with one attached hydrogen (secondary N) is 1. The number of halogens is 2. The van der Waals surface area contributed by atoms with Crippen molar-refractivity contribution in [1.82, 2.24) is 4.98 Å². The Morgan fingerprint density at radius 3 is 2.79 bits per heavy atom. The Labute approximate surface area is 156 Å². The molecule has 3 aromatic rings. The zero-order valence-corrected chi connectivity index (χ0v) is 16.1. The summed E-state index contributed by atoms with van der Waals surface area (Å²) in [6, 6.07) is 10.7. The quantitative estimate of drug-likeness (QED) is 0.579. The van der Waals surface area contributed by atoms with E-state index >= 15 is 0 Å². The molecule has 3 rings (SSSR count). The van der Waals surface area contributed by atoms with E-state index in [2.05, 4.69) is 26.2 Å². The summed E-state index contributed by atoms with van der Waals surface area (Å²) in [5.74, 6) is 0.480. The lowest BCUT2D eigenvalue weighted by Crippen LogP contribution is -2.12. The second kappa shape index (κ2) is 7.09. The van der Waals surface area contributed by atoms with Gasteiger partial charge in [-0.05, 0) is 66.2 Å². The van der Waals surface area contributed by atoms with Crippen LogP contribution in [0.4, 0.5) is 5.13 Å². The molecule has 7 heteroatoms. The number of fused-ring (bicyclic) bond motifs is 1. The van der Waals surface area contributed by atoms with E-state index in [0.29, 0.717) is 21.5 Å². The summed E-state index contributed by atoms with van der Waals surface area (Å²) >= 11 is 10.8. The lowest BCUT2D eigenvalue weighted by atomic mass is 10.2. The first-order valence-electron chi connectivity index (χ1n) is 7.26. The molecule has 0 radical (unpaired) electrons. The standard InChI is InChI=1S/C17H14BrClN2O2S/c1-9(2)23-14-6-3-10(7-12(14)18)16(22)21-17-20-13-5-4-11(19)8-15(13)24-17/h3-9H,1-2H3,(H,20,21,22). The highest BCUT2D eigenvalue weighted by atomic mass is 79.9. The zero-order valence-electron chi connectivity index (χ0n) is 13.0. The summed E-state index contributed by atoms with van der Waals surface area (Å²) in [4.78, 5) is 16.8. The molecule has 0 saturated carbocycles. The number of hydrogen-bond donors (Lipinski definition) is 1. The van der Waals surface area contributed by atoms with E-state index in [9.17, 15) is 4.79 Å². The van der Waals surface area contributed by atoms with E-state index in [1.165, 1.54) is 11.3 Å². The zero-order chi connectivity index (χ0) is 17.3. The molecule has 0 aliphatic heterocycles. The third-order valence-electron chi connectivity index (χ3n) is 3.13. The van der Waals surface area contributed by atoms with Gasteiger partial charge in [0.15, 0.2) is 5.13 Å². The van der Waals surface area contributed by atoms with Crippen molar-refractivity contribution < 1.29 is 9.53 Å².